The second-order valence-electron chi connectivity index (χ2n) is 5.24. The molecule has 0 aliphatic rings. The van der Waals surface area contributed by atoms with Crippen LogP contribution in [0.4, 0.5) is 0 Å². The van der Waals surface area contributed by atoms with Gasteiger partial charge in [-0.1, -0.05) is 44.9 Å². The van der Waals surface area contributed by atoms with E-state index in [9.17, 15) is 5.26 Å². The molecule has 2 aromatic rings. The molecule has 0 radical (unpaired) electrons. The molecule has 0 aliphatic heterocycles. The van der Waals surface area contributed by atoms with Crippen LogP contribution in [0.15, 0.2) is 36.0 Å². The van der Waals surface area contributed by atoms with Crippen LogP contribution in [0.25, 0.3) is 16.5 Å². The van der Waals surface area contributed by atoms with Crippen molar-refractivity contribution in [2.45, 2.75) is 39.5 Å². The minimum Gasteiger partial charge on any atom is -0.350 e. The van der Waals surface area contributed by atoms with Gasteiger partial charge in [-0.05, 0) is 24.5 Å². The first kappa shape index (κ1) is 14.4. The molecule has 0 spiro atoms. The molecule has 1 heterocycles. The average Bonchev–Trinajstić information content (AvgIpc) is 2.80. The lowest BCUT2D eigenvalue weighted by Gasteiger charge is -2.09. The van der Waals surface area contributed by atoms with E-state index in [0.717, 1.165) is 31.3 Å². The number of hydrogen-bond donors (Lipinski definition) is 0. The van der Waals surface area contributed by atoms with Crippen LogP contribution in [0.5, 0.6) is 0 Å². The van der Waals surface area contributed by atoms with Gasteiger partial charge in [-0.25, -0.2) is 0 Å². The van der Waals surface area contributed by atoms with Crippen molar-refractivity contribution in [2.24, 2.45) is 7.05 Å². The molecule has 104 valence electrons. The lowest BCUT2D eigenvalue weighted by molar-refractivity contribution is 0.906. The SMILES string of the molecule is CCC/C(C#N)=C(\CCC)c1cn(C)c2ccccc12. The summed E-state index contributed by atoms with van der Waals surface area (Å²) in [6.45, 7) is 4.30. The number of hydrogen-bond acceptors (Lipinski definition) is 1. The Hall–Kier alpha value is -2.01. The third-order valence-corrected chi connectivity index (χ3v) is 3.72. The van der Waals surface area contributed by atoms with Crippen molar-refractivity contribution in [3.05, 3.63) is 41.6 Å². The fourth-order valence-electron chi connectivity index (χ4n) is 2.80. The molecule has 0 fully saturated rings. The van der Waals surface area contributed by atoms with Gasteiger partial charge in [0.05, 0.1) is 6.07 Å². The average molecular weight is 266 g/mol. The number of benzene rings is 1. The molecule has 0 N–H and O–H groups in total. The molecule has 0 unspecified atom stereocenters. The molecule has 20 heavy (non-hydrogen) atoms. The van der Waals surface area contributed by atoms with Gasteiger partial charge in [-0.15, -0.1) is 0 Å². The summed E-state index contributed by atoms with van der Waals surface area (Å²) < 4.78 is 2.15. The Morgan fingerprint density at radius 1 is 1.15 bits per heavy atom. The predicted octanol–water partition coefficient (Wildman–Crippen LogP) is 5.06. The van der Waals surface area contributed by atoms with Crippen LogP contribution in [0.3, 0.4) is 0 Å². The van der Waals surface area contributed by atoms with Crippen molar-refractivity contribution >= 4 is 16.5 Å². The molecule has 2 rings (SSSR count). The third kappa shape index (κ3) is 2.63. The van der Waals surface area contributed by atoms with Gasteiger partial charge in [0.15, 0.2) is 0 Å². The van der Waals surface area contributed by atoms with E-state index >= 15 is 0 Å². The molecule has 0 aliphatic carbocycles. The molecule has 0 bridgehead atoms. The van der Waals surface area contributed by atoms with Crippen LogP contribution in [0.2, 0.25) is 0 Å². The normalized spacial score (nSPS) is 12.3. The molecular weight excluding hydrogens is 244 g/mol. The summed E-state index contributed by atoms with van der Waals surface area (Å²) in [6, 6.07) is 10.9. The van der Waals surface area contributed by atoms with Crippen LogP contribution in [-0.4, -0.2) is 4.57 Å². The minimum atomic E-state index is 0.870. The van der Waals surface area contributed by atoms with Gasteiger partial charge in [0.25, 0.3) is 0 Å². The lowest BCUT2D eigenvalue weighted by Crippen LogP contribution is -1.91. The first-order chi connectivity index (χ1) is 9.72. The Balaban J connectivity index is 2.67. The van der Waals surface area contributed by atoms with Gasteiger partial charge in [0, 0.05) is 35.3 Å². The van der Waals surface area contributed by atoms with Gasteiger partial charge < -0.3 is 4.57 Å². The topological polar surface area (TPSA) is 28.7 Å². The highest BCUT2D eigenvalue weighted by Crippen LogP contribution is 2.32. The molecule has 1 aromatic heterocycles. The highest BCUT2D eigenvalue weighted by molar-refractivity contribution is 5.94. The fourth-order valence-corrected chi connectivity index (χ4v) is 2.80. The Morgan fingerprint density at radius 3 is 2.50 bits per heavy atom. The molecule has 2 heteroatoms. The number of aromatic nitrogens is 1. The standard InChI is InChI=1S/C18H22N2/c1-4-8-14(12-19)15(9-5-2)17-13-20(3)18-11-7-6-10-16(17)18/h6-7,10-11,13H,4-5,8-9H2,1-3H3/b15-14-. The summed E-state index contributed by atoms with van der Waals surface area (Å²) in [5.74, 6) is 0. The van der Waals surface area contributed by atoms with E-state index < -0.39 is 0 Å². The maximum atomic E-state index is 9.48. The Bertz CT molecular complexity index is 668. The Labute approximate surface area is 121 Å². The number of rotatable bonds is 5. The van der Waals surface area contributed by atoms with Gasteiger partial charge in [-0.3, -0.25) is 0 Å². The third-order valence-electron chi connectivity index (χ3n) is 3.72. The molecule has 0 atom stereocenters. The summed E-state index contributed by atoms with van der Waals surface area (Å²) in [4.78, 5) is 0. The first-order valence-electron chi connectivity index (χ1n) is 7.39. The van der Waals surface area contributed by atoms with E-state index in [1.807, 2.05) is 0 Å². The lowest BCUT2D eigenvalue weighted by atomic mass is 9.94. The predicted molar refractivity (Wildman–Crippen MR) is 85.3 cm³/mol. The van der Waals surface area contributed by atoms with E-state index in [2.05, 4.69) is 62.0 Å². The van der Waals surface area contributed by atoms with E-state index in [-0.39, 0.29) is 0 Å². The maximum Gasteiger partial charge on any atom is 0.0950 e. The largest absolute Gasteiger partial charge is 0.350 e. The molecule has 0 saturated carbocycles. The van der Waals surface area contributed by atoms with Crippen LogP contribution in [0.1, 0.15) is 45.1 Å². The summed E-state index contributed by atoms with van der Waals surface area (Å²) in [5, 5.41) is 10.7. The molecule has 2 nitrogen and oxygen atoms in total. The van der Waals surface area contributed by atoms with E-state index in [1.165, 1.54) is 22.0 Å². The molecular formula is C18H22N2. The quantitative estimate of drug-likeness (QED) is 0.696. The second-order valence-corrected chi connectivity index (χ2v) is 5.24. The number of nitriles is 1. The fraction of sp³-hybridized carbons (Fsp3) is 0.389. The zero-order chi connectivity index (χ0) is 14.5. The second kappa shape index (κ2) is 6.43. The van der Waals surface area contributed by atoms with Gasteiger partial charge in [0.1, 0.15) is 0 Å². The number of allylic oxidation sites excluding steroid dienone is 2. The van der Waals surface area contributed by atoms with Crippen LogP contribution < -0.4 is 0 Å². The zero-order valence-corrected chi connectivity index (χ0v) is 12.6. The van der Waals surface area contributed by atoms with Gasteiger partial charge in [0.2, 0.25) is 0 Å². The van der Waals surface area contributed by atoms with Crippen molar-refractivity contribution in [1.82, 2.24) is 4.57 Å². The Kier molecular flexibility index (Phi) is 4.63. The molecule has 0 saturated heterocycles. The van der Waals surface area contributed by atoms with Gasteiger partial charge >= 0.3 is 0 Å². The summed E-state index contributed by atoms with van der Waals surface area (Å²) >= 11 is 0. The summed E-state index contributed by atoms with van der Waals surface area (Å²) in [5.41, 5.74) is 4.64. The highest BCUT2D eigenvalue weighted by atomic mass is 14.9. The number of para-hydroxylation sites is 1. The number of aryl methyl sites for hydroxylation is 1. The van der Waals surface area contributed by atoms with E-state index in [0.29, 0.717) is 0 Å². The van der Waals surface area contributed by atoms with Crippen LogP contribution in [-0.2, 0) is 7.05 Å². The zero-order valence-electron chi connectivity index (χ0n) is 12.6. The van der Waals surface area contributed by atoms with Crippen molar-refractivity contribution < 1.29 is 0 Å². The van der Waals surface area contributed by atoms with Crippen LogP contribution in [0, 0.1) is 11.3 Å². The number of fused-ring (bicyclic) bond motifs is 1. The summed E-state index contributed by atoms with van der Waals surface area (Å²) in [7, 11) is 2.07. The number of nitrogens with zero attached hydrogens (tertiary/aromatic N) is 2. The van der Waals surface area contributed by atoms with Crippen molar-refractivity contribution in [3.63, 3.8) is 0 Å². The van der Waals surface area contributed by atoms with Gasteiger partial charge in [-0.2, -0.15) is 5.26 Å². The minimum absolute atomic E-state index is 0.870. The Morgan fingerprint density at radius 2 is 1.85 bits per heavy atom. The first-order valence-corrected chi connectivity index (χ1v) is 7.39. The summed E-state index contributed by atoms with van der Waals surface area (Å²) in [6.07, 6.45) is 6.09. The molecule has 0 amide bonds. The van der Waals surface area contributed by atoms with Crippen molar-refractivity contribution in [1.29, 1.82) is 5.26 Å². The van der Waals surface area contributed by atoms with E-state index in [1.54, 1.807) is 0 Å². The van der Waals surface area contributed by atoms with Crippen molar-refractivity contribution in [2.75, 3.05) is 0 Å². The van der Waals surface area contributed by atoms with Crippen LogP contribution >= 0.6 is 0 Å². The van der Waals surface area contributed by atoms with E-state index in [4.69, 9.17) is 0 Å². The maximum absolute atomic E-state index is 9.48. The van der Waals surface area contributed by atoms with Crippen molar-refractivity contribution in [3.8, 4) is 6.07 Å². The molecule has 1 aromatic carbocycles. The monoisotopic (exact) mass is 266 g/mol. The smallest absolute Gasteiger partial charge is 0.0950 e. The highest BCUT2D eigenvalue weighted by Gasteiger charge is 2.14.